The summed E-state index contributed by atoms with van der Waals surface area (Å²) in [6.07, 6.45) is 0. The summed E-state index contributed by atoms with van der Waals surface area (Å²) in [6.45, 7) is 0. The highest BCUT2D eigenvalue weighted by Crippen LogP contribution is 2.32. The van der Waals surface area contributed by atoms with Crippen molar-refractivity contribution in [2.45, 2.75) is 4.90 Å². The number of nitrogens with one attached hydrogen (secondary N) is 1. The Labute approximate surface area is 177 Å². The van der Waals surface area contributed by atoms with Crippen molar-refractivity contribution in [2.75, 3.05) is 12.4 Å². The number of carbonyl (C=O) groups is 1. The summed E-state index contributed by atoms with van der Waals surface area (Å²) >= 11 is 6.37. The van der Waals surface area contributed by atoms with Crippen molar-refractivity contribution in [3.63, 3.8) is 0 Å². The maximum atomic E-state index is 12.6. The fourth-order valence-corrected chi connectivity index (χ4v) is 3.69. The lowest BCUT2D eigenvalue weighted by Crippen LogP contribution is -2.06. The summed E-state index contributed by atoms with van der Waals surface area (Å²) in [5.41, 5.74) is 1.29. The van der Waals surface area contributed by atoms with Gasteiger partial charge in [0.1, 0.15) is 10.1 Å². The Morgan fingerprint density at radius 3 is 2.34 bits per heavy atom. The zero-order valence-corrected chi connectivity index (χ0v) is 17.0. The largest absolute Gasteiger partial charge is 0.497 e. The van der Waals surface area contributed by atoms with Crippen LogP contribution in [0.2, 0.25) is 0 Å². The Morgan fingerprint density at radius 2 is 1.72 bits per heavy atom. The first-order valence-electron chi connectivity index (χ1n) is 8.49. The molecule has 3 aromatic rings. The van der Waals surface area contributed by atoms with E-state index in [1.165, 1.54) is 6.07 Å². The smallest absolute Gasteiger partial charge is 0.284 e. The minimum absolute atomic E-state index is 0.171. The second kappa shape index (κ2) is 9.31. The molecule has 3 aromatic carbocycles. The topological polar surface area (TPSA) is 81.5 Å². The molecule has 0 saturated carbocycles. The van der Waals surface area contributed by atoms with Crippen LogP contribution in [0.5, 0.6) is 5.75 Å². The van der Waals surface area contributed by atoms with Crippen molar-refractivity contribution in [3.05, 3.63) is 94.0 Å². The summed E-state index contributed by atoms with van der Waals surface area (Å²) in [7, 11) is 1.58. The number of benzene rings is 3. The molecule has 6 nitrogen and oxygen atoms in total. The number of hydrogen-bond acceptors (Lipinski definition) is 6. The van der Waals surface area contributed by atoms with E-state index >= 15 is 0 Å². The van der Waals surface area contributed by atoms with E-state index in [1.54, 1.807) is 73.8 Å². The minimum atomic E-state index is -0.514. The second-order valence-electron chi connectivity index (χ2n) is 5.88. The van der Waals surface area contributed by atoms with Gasteiger partial charge in [-0.15, -0.1) is 0 Å². The number of nitro benzene ring substituents is 1. The third kappa shape index (κ3) is 5.18. The van der Waals surface area contributed by atoms with Gasteiger partial charge in [0.05, 0.1) is 16.9 Å². The first-order chi connectivity index (χ1) is 14.0. The number of methoxy groups -OCH3 is 1. The highest BCUT2D eigenvalue weighted by Gasteiger charge is 2.20. The molecule has 0 aromatic heterocycles. The predicted molar refractivity (Wildman–Crippen MR) is 118 cm³/mol. The first-order valence-corrected chi connectivity index (χ1v) is 9.71. The summed E-state index contributed by atoms with van der Waals surface area (Å²) in [5, 5.41) is 14.6. The molecule has 0 heterocycles. The molecule has 0 bridgehead atoms. The van der Waals surface area contributed by atoms with E-state index in [4.69, 9.17) is 17.0 Å². The Balaban J connectivity index is 1.78. The summed E-state index contributed by atoms with van der Waals surface area (Å²) in [6, 6.07) is 20.2. The van der Waals surface area contributed by atoms with Gasteiger partial charge < -0.3 is 10.1 Å². The van der Waals surface area contributed by atoms with Gasteiger partial charge in [0.2, 0.25) is 0 Å². The van der Waals surface area contributed by atoms with Crippen molar-refractivity contribution in [3.8, 4) is 5.75 Å². The predicted octanol–water partition coefficient (Wildman–Crippen LogP) is 5.32. The number of carbonyl (C=O) groups excluding carboxylic acids is 1. The van der Waals surface area contributed by atoms with Gasteiger partial charge in [-0.3, -0.25) is 14.9 Å². The van der Waals surface area contributed by atoms with Gasteiger partial charge in [0, 0.05) is 22.9 Å². The zero-order chi connectivity index (χ0) is 20.8. The highest BCUT2D eigenvalue weighted by molar-refractivity contribution is 8.23. The van der Waals surface area contributed by atoms with E-state index in [0.717, 1.165) is 17.4 Å². The van der Waals surface area contributed by atoms with Crippen molar-refractivity contribution >= 4 is 45.5 Å². The lowest BCUT2D eigenvalue weighted by molar-refractivity contribution is -0.387. The molecule has 146 valence electrons. The minimum Gasteiger partial charge on any atom is -0.497 e. The number of ether oxygens (including phenoxy) is 1. The van der Waals surface area contributed by atoms with E-state index in [-0.39, 0.29) is 17.0 Å². The van der Waals surface area contributed by atoms with Crippen LogP contribution >= 0.6 is 24.0 Å². The van der Waals surface area contributed by atoms with Crippen molar-refractivity contribution in [1.29, 1.82) is 0 Å². The summed E-state index contributed by atoms with van der Waals surface area (Å²) in [5.74, 6) is 0.438. The van der Waals surface area contributed by atoms with Gasteiger partial charge in [-0.05, 0) is 36.4 Å². The molecule has 29 heavy (non-hydrogen) atoms. The molecule has 0 atom stereocenters. The van der Waals surface area contributed by atoms with Gasteiger partial charge in [-0.2, -0.15) is 0 Å². The van der Waals surface area contributed by atoms with Crippen LogP contribution in [0.1, 0.15) is 15.9 Å². The molecule has 0 spiro atoms. The number of rotatable bonds is 6. The molecule has 0 fully saturated rings. The third-order valence-electron chi connectivity index (χ3n) is 3.99. The molecule has 0 radical (unpaired) electrons. The lowest BCUT2D eigenvalue weighted by atomic mass is 10.0. The third-order valence-corrected chi connectivity index (χ3v) is 5.20. The van der Waals surface area contributed by atoms with E-state index in [2.05, 4.69) is 5.32 Å². The van der Waals surface area contributed by atoms with Crippen LogP contribution in [0.4, 0.5) is 11.4 Å². The fraction of sp³-hybridized carbons (Fsp3) is 0.0476. The Bertz CT molecular complexity index is 1050. The quantitative estimate of drug-likeness (QED) is 0.188. The molecule has 0 amide bonds. The number of thiocarbonyl (C=S) groups is 1. The molecule has 0 unspecified atom stereocenters. The number of ketones is 1. The first kappa shape index (κ1) is 20.5. The Hall–Kier alpha value is -3.23. The number of thioether (sulfide) groups is 1. The number of nitrogens with zero attached hydrogens (tertiary/aromatic N) is 1. The van der Waals surface area contributed by atoms with E-state index in [9.17, 15) is 14.9 Å². The zero-order valence-electron chi connectivity index (χ0n) is 15.3. The lowest BCUT2D eigenvalue weighted by Gasteiger charge is -2.09. The molecule has 0 saturated heterocycles. The van der Waals surface area contributed by atoms with E-state index in [0.29, 0.717) is 20.5 Å². The molecule has 3 rings (SSSR count). The normalized spacial score (nSPS) is 10.2. The Morgan fingerprint density at radius 1 is 1.03 bits per heavy atom. The average molecular weight is 425 g/mol. The number of nitro groups is 1. The SMILES string of the molecule is COc1ccc(NC(=S)Sc2ccc(C(=O)c3ccccc3)cc2[N+](=O)[O-])cc1. The monoisotopic (exact) mass is 424 g/mol. The summed E-state index contributed by atoms with van der Waals surface area (Å²) in [4.78, 5) is 24.0. The van der Waals surface area contributed by atoms with Crippen molar-refractivity contribution < 1.29 is 14.5 Å². The van der Waals surface area contributed by atoms with Crippen LogP contribution in [0, 0.1) is 10.1 Å². The van der Waals surface area contributed by atoms with Gasteiger partial charge in [-0.1, -0.05) is 54.3 Å². The van der Waals surface area contributed by atoms with Crippen molar-refractivity contribution in [1.82, 2.24) is 0 Å². The molecule has 0 aliphatic heterocycles. The standard InChI is InChI=1S/C21H16N2O4S2/c1-27-17-10-8-16(9-11-17)22-21(28)29-19-12-7-15(13-18(19)23(25)26)20(24)14-5-3-2-4-6-14/h2-13H,1H3,(H,22,28). The molecule has 1 N–H and O–H groups in total. The molecule has 8 heteroatoms. The maximum absolute atomic E-state index is 12.6. The Kier molecular flexibility index (Phi) is 6.58. The van der Waals surface area contributed by atoms with Gasteiger partial charge in [0.25, 0.3) is 5.69 Å². The van der Waals surface area contributed by atoms with Gasteiger partial charge >= 0.3 is 0 Å². The van der Waals surface area contributed by atoms with Crippen LogP contribution in [-0.2, 0) is 0 Å². The van der Waals surface area contributed by atoms with Crippen LogP contribution in [0.3, 0.4) is 0 Å². The number of anilines is 1. The van der Waals surface area contributed by atoms with E-state index < -0.39 is 4.92 Å². The molecular formula is C21H16N2O4S2. The number of hydrogen-bond donors (Lipinski definition) is 1. The van der Waals surface area contributed by atoms with Crippen LogP contribution in [0.25, 0.3) is 0 Å². The second-order valence-corrected chi connectivity index (χ2v) is 7.60. The average Bonchev–Trinajstić information content (AvgIpc) is 2.74. The van der Waals surface area contributed by atoms with E-state index in [1.807, 2.05) is 0 Å². The molecule has 0 aliphatic carbocycles. The maximum Gasteiger partial charge on any atom is 0.284 e. The van der Waals surface area contributed by atoms with Crippen LogP contribution in [0.15, 0.2) is 77.7 Å². The van der Waals surface area contributed by atoms with Crippen molar-refractivity contribution in [2.24, 2.45) is 0 Å². The van der Waals surface area contributed by atoms with Gasteiger partial charge in [0.15, 0.2) is 5.78 Å². The van der Waals surface area contributed by atoms with Crippen LogP contribution < -0.4 is 10.1 Å². The highest BCUT2D eigenvalue weighted by atomic mass is 32.2. The van der Waals surface area contributed by atoms with Gasteiger partial charge in [-0.25, -0.2) is 0 Å². The molecule has 0 aliphatic rings. The van der Waals surface area contributed by atoms with Crippen LogP contribution in [-0.4, -0.2) is 22.1 Å². The fourth-order valence-electron chi connectivity index (χ4n) is 2.56. The summed E-state index contributed by atoms with van der Waals surface area (Å²) < 4.78 is 5.45. The molecular weight excluding hydrogens is 408 g/mol.